The number of amides is 1. The molecule has 28 heavy (non-hydrogen) atoms. The molecule has 3 aromatic rings. The molecule has 144 valence electrons. The molecule has 0 aliphatic heterocycles. The van der Waals surface area contributed by atoms with Gasteiger partial charge in [0.25, 0.3) is 5.91 Å². The molecule has 0 heterocycles. The zero-order valence-corrected chi connectivity index (χ0v) is 16.4. The number of nitrogens with one attached hydrogen (secondary N) is 1. The maximum absolute atomic E-state index is 12.2. The largest absolute Gasteiger partial charge is 0.492 e. The van der Waals surface area contributed by atoms with Crippen molar-refractivity contribution in [2.45, 2.75) is 13.5 Å². The van der Waals surface area contributed by atoms with Gasteiger partial charge in [0.1, 0.15) is 24.7 Å². The van der Waals surface area contributed by atoms with E-state index in [9.17, 15) is 4.79 Å². The Balaban J connectivity index is 1.43. The van der Waals surface area contributed by atoms with Gasteiger partial charge in [0.15, 0.2) is 0 Å². The summed E-state index contributed by atoms with van der Waals surface area (Å²) in [5.74, 6) is 1.32. The summed E-state index contributed by atoms with van der Waals surface area (Å²) in [6.45, 7) is 3.24. The lowest BCUT2D eigenvalue weighted by Gasteiger charge is -2.10. The normalized spacial score (nSPS) is 10.4. The minimum atomic E-state index is -0.148. The Labute approximate surface area is 170 Å². The summed E-state index contributed by atoms with van der Waals surface area (Å²) in [7, 11) is 0. The van der Waals surface area contributed by atoms with E-state index in [4.69, 9.17) is 21.1 Å². The SMILES string of the molecule is Cc1ccc(OCCNC(=O)c2ccc(OCc3ccccc3Cl)cc2)cc1. The third-order valence-corrected chi connectivity index (χ3v) is 4.51. The lowest BCUT2D eigenvalue weighted by molar-refractivity contribution is 0.0947. The van der Waals surface area contributed by atoms with Gasteiger partial charge in [-0.05, 0) is 49.4 Å². The number of aryl methyl sites for hydroxylation is 1. The van der Waals surface area contributed by atoms with Crippen LogP contribution >= 0.6 is 11.6 Å². The van der Waals surface area contributed by atoms with Crippen LogP contribution in [0.25, 0.3) is 0 Å². The van der Waals surface area contributed by atoms with E-state index in [-0.39, 0.29) is 5.91 Å². The summed E-state index contributed by atoms with van der Waals surface area (Å²) in [5.41, 5.74) is 2.67. The van der Waals surface area contributed by atoms with Crippen LogP contribution in [-0.4, -0.2) is 19.1 Å². The summed E-state index contributed by atoms with van der Waals surface area (Å²) in [6.07, 6.45) is 0. The van der Waals surface area contributed by atoms with Crippen LogP contribution < -0.4 is 14.8 Å². The van der Waals surface area contributed by atoms with Gasteiger partial charge in [-0.2, -0.15) is 0 Å². The lowest BCUT2D eigenvalue weighted by atomic mass is 10.2. The molecule has 0 saturated heterocycles. The van der Waals surface area contributed by atoms with Gasteiger partial charge in [-0.3, -0.25) is 4.79 Å². The topological polar surface area (TPSA) is 47.6 Å². The number of carbonyl (C=O) groups excluding carboxylic acids is 1. The van der Waals surface area contributed by atoms with Crippen LogP contribution in [0.1, 0.15) is 21.5 Å². The Morgan fingerprint density at radius 2 is 1.54 bits per heavy atom. The molecule has 3 rings (SSSR count). The zero-order chi connectivity index (χ0) is 19.8. The van der Waals surface area contributed by atoms with Gasteiger partial charge in [-0.15, -0.1) is 0 Å². The number of hydrogen-bond donors (Lipinski definition) is 1. The maximum Gasteiger partial charge on any atom is 0.251 e. The average Bonchev–Trinajstić information content (AvgIpc) is 2.72. The highest BCUT2D eigenvalue weighted by Crippen LogP contribution is 2.19. The van der Waals surface area contributed by atoms with Crippen molar-refractivity contribution < 1.29 is 14.3 Å². The zero-order valence-electron chi connectivity index (χ0n) is 15.7. The second-order valence-corrected chi connectivity index (χ2v) is 6.73. The van der Waals surface area contributed by atoms with E-state index >= 15 is 0 Å². The molecule has 3 aromatic carbocycles. The van der Waals surface area contributed by atoms with Gasteiger partial charge >= 0.3 is 0 Å². The second-order valence-electron chi connectivity index (χ2n) is 6.32. The molecular weight excluding hydrogens is 374 g/mol. The predicted octanol–water partition coefficient (Wildman–Crippen LogP) is 5.04. The molecule has 0 unspecified atom stereocenters. The van der Waals surface area contributed by atoms with Gasteiger partial charge in [-0.1, -0.05) is 47.5 Å². The molecule has 0 saturated carbocycles. The van der Waals surface area contributed by atoms with Gasteiger partial charge < -0.3 is 14.8 Å². The molecular formula is C23H22ClNO3. The number of rotatable bonds is 8. The monoisotopic (exact) mass is 395 g/mol. The van der Waals surface area contributed by atoms with Crippen LogP contribution in [0.5, 0.6) is 11.5 Å². The summed E-state index contributed by atoms with van der Waals surface area (Å²) in [6, 6.07) is 22.4. The van der Waals surface area contributed by atoms with Crippen molar-refractivity contribution in [1.29, 1.82) is 0 Å². The van der Waals surface area contributed by atoms with E-state index in [1.54, 1.807) is 24.3 Å². The van der Waals surface area contributed by atoms with Crippen LogP contribution in [0.4, 0.5) is 0 Å². The minimum Gasteiger partial charge on any atom is -0.492 e. The molecule has 1 amide bonds. The average molecular weight is 396 g/mol. The van der Waals surface area contributed by atoms with Crippen LogP contribution in [0.3, 0.4) is 0 Å². The Kier molecular flexibility index (Phi) is 6.93. The second kappa shape index (κ2) is 9.81. The van der Waals surface area contributed by atoms with Gasteiger partial charge in [0, 0.05) is 16.1 Å². The van der Waals surface area contributed by atoms with Crippen LogP contribution in [-0.2, 0) is 6.61 Å². The number of carbonyl (C=O) groups is 1. The maximum atomic E-state index is 12.2. The van der Waals surface area contributed by atoms with Crippen LogP contribution in [0, 0.1) is 6.92 Å². The van der Waals surface area contributed by atoms with E-state index < -0.39 is 0 Å². The van der Waals surface area contributed by atoms with Crippen LogP contribution in [0.2, 0.25) is 5.02 Å². The highest BCUT2D eigenvalue weighted by atomic mass is 35.5. The molecule has 4 nitrogen and oxygen atoms in total. The highest BCUT2D eigenvalue weighted by molar-refractivity contribution is 6.31. The summed E-state index contributed by atoms with van der Waals surface area (Å²) in [5, 5.41) is 3.52. The van der Waals surface area contributed by atoms with Crippen molar-refractivity contribution in [3.8, 4) is 11.5 Å². The van der Waals surface area contributed by atoms with Gasteiger partial charge in [0.2, 0.25) is 0 Å². The number of benzene rings is 3. The third kappa shape index (κ3) is 5.76. The van der Waals surface area contributed by atoms with Crippen molar-refractivity contribution in [3.05, 3.63) is 94.5 Å². The number of ether oxygens (including phenoxy) is 2. The Hall–Kier alpha value is -2.98. The van der Waals surface area contributed by atoms with Crippen molar-refractivity contribution in [1.82, 2.24) is 5.32 Å². The first-order chi connectivity index (χ1) is 13.6. The third-order valence-electron chi connectivity index (χ3n) is 4.15. The van der Waals surface area contributed by atoms with Crippen molar-refractivity contribution >= 4 is 17.5 Å². The number of halogens is 1. The first-order valence-electron chi connectivity index (χ1n) is 9.06. The lowest BCUT2D eigenvalue weighted by Crippen LogP contribution is -2.28. The van der Waals surface area contributed by atoms with Crippen LogP contribution in [0.15, 0.2) is 72.8 Å². The van der Waals surface area contributed by atoms with E-state index in [0.717, 1.165) is 11.3 Å². The smallest absolute Gasteiger partial charge is 0.251 e. The minimum absolute atomic E-state index is 0.148. The summed E-state index contributed by atoms with van der Waals surface area (Å²) >= 11 is 6.12. The molecule has 0 bridgehead atoms. The molecule has 0 aliphatic rings. The Morgan fingerprint density at radius 1 is 0.893 bits per heavy atom. The first kappa shape index (κ1) is 19.8. The fraction of sp³-hybridized carbons (Fsp3) is 0.174. The van der Waals surface area contributed by atoms with Crippen molar-refractivity contribution in [2.24, 2.45) is 0 Å². The van der Waals surface area contributed by atoms with E-state index in [1.165, 1.54) is 5.56 Å². The molecule has 5 heteroatoms. The summed E-state index contributed by atoms with van der Waals surface area (Å²) < 4.78 is 11.3. The standard InChI is InChI=1S/C23H22ClNO3/c1-17-6-10-20(11-7-17)27-15-14-25-23(26)18-8-12-21(13-9-18)28-16-19-4-2-3-5-22(19)24/h2-13H,14-16H2,1H3,(H,25,26). The molecule has 1 N–H and O–H groups in total. The molecule has 0 aliphatic carbocycles. The quantitative estimate of drug-likeness (QED) is 0.544. The Morgan fingerprint density at radius 3 is 2.25 bits per heavy atom. The molecule has 0 radical (unpaired) electrons. The van der Waals surface area contributed by atoms with Crippen molar-refractivity contribution in [3.63, 3.8) is 0 Å². The molecule has 0 fully saturated rings. The molecule has 0 atom stereocenters. The van der Waals surface area contributed by atoms with E-state index in [1.807, 2.05) is 55.5 Å². The van der Waals surface area contributed by atoms with Gasteiger partial charge in [0.05, 0.1) is 6.54 Å². The molecule has 0 aromatic heterocycles. The Bertz CT molecular complexity index is 908. The van der Waals surface area contributed by atoms with E-state index in [2.05, 4.69) is 5.32 Å². The highest BCUT2D eigenvalue weighted by Gasteiger charge is 2.06. The first-order valence-corrected chi connectivity index (χ1v) is 9.43. The van der Waals surface area contributed by atoms with E-state index in [0.29, 0.717) is 36.1 Å². The predicted molar refractivity (Wildman–Crippen MR) is 111 cm³/mol. The van der Waals surface area contributed by atoms with Crippen molar-refractivity contribution in [2.75, 3.05) is 13.2 Å². The fourth-order valence-electron chi connectivity index (χ4n) is 2.55. The number of hydrogen-bond acceptors (Lipinski definition) is 3. The summed E-state index contributed by atoms with van der Waals surface area (Å²) in [4.78, 5) is 12.2. The fourth-order valence-corrected chi connectivity index (χ4v) is 2.74. The van der Waals surface area contributed by atoms with Gasteiger partial charge in [-0.25, -0.2) is 0 Å². The molecule has 0 spiro atoms.